The van der Waals surface area contributed by atoms with Gasteiger partial charge in [0.2, 0.25) is 0 Å². The van der Waals surface area contributed by atoms with Crippen molar-refractivity contribution >= 4 is 22.5 Å². The van der Waals surface area contributed by atoms with Gasteiger partial charge in [0, 0.05) is 25.1 Å². The quantitative estimate of drug-likeness (QED) is 0.938. The highest BCUT2D eigenvalue weighted by molar-refractivity contribution is 6.08. The Morgan fingerprint density at radius 3 is 3.14 bits per heavy atom. The number of nitrogens with two attached hydrogens (primary N) is 1. The zero-order chi connectivity index (χ0) is 15.7. The normalized spacial score (nSPS) is 18.1. The number of carbonyl (C=O) groups excluding carboxylic acids is 1. The standard InChI is InChI=1S/C17H20N3O2/c1-3-22-12-8-9-20(10-12)16-13-6-4-5-7-14(13)19-11(2)15(16)17(18)21/h4,6-7,12H,3,8-10H2,1-2H3,(H2,18,21)/t12-/m0/s1. The second-order valence-corrected chi connectivity index (χ2v) is 5.54. The van der Waals surface area contributed by atoms with Crippen molar-refractivity contribution in [3.63, 3.8) is 0 Å². The van der Waals surface area contributed by atoms with Crippen LogP contribution in [0.4, 0.5) is 5.69 Å². The van der Waals surface area contributed by atoms with E-state index in [0.29, 0.717) is 17.9 Å². The molecule has 2 heterocycles. The summed E-state index contributed by atoms with van der Waals surface area (Å²) in [6.45, 7) is 6.14. The molecule has 1 aliphatic heterocycles. The Bertz CT molecular complexity index is 714. The molecule has 1 saturated heterocycles. The lowest BCUT2D eigenvalue weighted by Gasteiger charge is -2.24. The maximum atomic E-state index is 12.0. The summed E-state index contributed by atoms with van der Waals surface area (Å²) in [7, 11) is 0. The predicted molar refractivity (Wildman–Crippen MR) is 86.1 cm³/mol. The number of anilines is 1. The summed E-state index contributed by atoms with van der Waals surface area (Å²) in [4.78, 5) is 18.7. The highest BCUT2D eigenvalue weighted by Crippen LogP contribution is 2.34. The van der Waals surface area contributed by atoms with E-state index in [1.165, 1.54) is 0 Å². The van der Waals surface area contributed by atoms with Gasteiger partial charge in [0.15, 0.2) is 0 Å². The number of rotatable bonds is 4. The minimum atomic E-state index is -0.436. The van der Waals surface area contributed by atoms with Crippen molar-refractivity contribution in [2.45, 2.75) is 26.4 Å². The predicted octanol–water partition coefficient (Wildman–Crippen LogP) is 2.06. The first-order valence-electron chi connectivity index (χ1n) is 7.58. The van der Waals surface area contributed by atoms with Gasteiger partial charge in [-0.2, -0.15) is 0 Å². The van der Waals surface area contributed by atoms with Gasteiger partial charge in [0.25, 0.3) is 5.91 Å². The number of aromatic nitrogens is 1. The van der Waals surface area contributed by atoms with Crippen LogP contribution in [0.3, 0.4) is 0 Å². The lowest BCUT2D eigenvalue weighted by atomic mass is 10.0. The first-order valence-corrected chi connectivity index (χ1v) is 7.58. The molecular formula is C17H20N3O2. The van der Waals surface area contributed by atoms with Crippen LogP contribution < -0.4 is 10.6 Å². The average molecular weight is 298 g/mol. The van der Waals surface area contributed by atoms with E-state index in [2.05, 4.69) is 16.0 Å². The summed E-state index contributed by atoms with van der Waals surface area (Å²) in [5.41, 5.74) is 8.51. The Morgan fingerprint density at radius 2 is 2.41 bits per heavy atom. The number of hydrogen-bond acceptors (Lipinski definition) is 4. The smallest absolute Gasteiger partial charge is 0.252 e. The van der Waals surface area contributed by atoms with Gasteiger partial charge in [-0.15, -0.1) is 0 Å². The Balaban J connectivity index is 2.14. The van der Waals surface area contributed by atoms with E-state index < -0.39 is 5.91 Å². The summed E-state index contributed by atoms with van der Waals surface area (Å²) >= 11 is 0. The molecule has 115 valence electrons. The van der Waals surface area contributed by atoms with E-state index >= 15 is 0 Å². The van der Waals surface area contributed by atoms with Crippen molar-refractivity contribution in [2.24, 2.45) is 5.73 Å². The van der Waals surface area contributed by atoms with Gasteiger partial charge in [0.05, 0.1) is 28.6 Å². The number of nitrogens with zero attached hydrogens (tertiary/aromatic N) is 2. The topological polar surface area (TPSA) is 68.5 Å². The maximum absolute atomic E-state index is 12.0. The van der Waals surface area contributed by atoms with Crippen molar-refractivity contribution in [1.82, 2.24) is 4.98 Å². The van der Waals surface area contributed by atoms with Crippen LogP contribution in [0.15, 0.2) is 18.2 Å². The van der Waals surface area contributed by atoms with Crippen LogP contribution in [0, 0.1) is 13.0 Å². The number of aryl methyl sites for hydroxylation is 1. The zero-order valence-corrected chi connectivity index (χ0v) is 12.9. The monoisotopic (exact) mass is 298 g/mol. The molecule has 1 aliphatic rings. The zero-order valence-electron chi connectivity index (χ0n) is 12.9. The first-order chi connectivity index (χ1) is 10.6. The van der Waals surface area contributed by atoms with E-state index in [-0.39, 0.29) is 6.10 Å². The summed E-state index contributed by atoms with van der Waals surface area (Å²) in [5.74, 6) is -0.436. The second kappa shape index (κ2) is 5.93. The number of benzene rings is 1. The second-order valence-electron chi connectivity index (χ2n) is 5.54. The van der Waals surface area contributed by atoms with Gasteiger partial charge in [-0.3, -0.25) is 9.78 Å². The third-order valence-electron chi connectivity index (χ3n) is 4.09. The number of pyridine rings is 1. The summed E-state index contributed by atoms with van der Waals surface area (Å²) in [6.07, 6.45) is 1.15. The molecule has 1 fully saturated rings. The van der Waals surface area contributed by atoms with Crippen LogP contribution in [0.25, 0.3) is 10.9 Å². The van der Waals surface area contributed by atoms with Gasteiger partial charge in [0.1, 0.15) is 0 Å². The lowest BCUT2D eigenvalue weighted by molar-refractivity contribution is 0.0787. The van der Waals surface area contributed by atoms with Crippen LogP contribution in [0.5, 0.6) is 0 Å². The molecule has 0 spiro atoms. The molecule has 1 aromatic heterocycles. The van der Waals surface area contributed by atoms with E-state index in [9.17, 15) is 4.79 Å². The highest BCUT2D eigenvalue weighted by atomic mass is 16.5. The molecule has 1 amide bonds. The largest absolute Gasteiger partial charge is 0.377 e. The number of carbonyl (C=O) groups is 1. The molecule has 0 saturated carbocycles. The van der Waals surface area contributed by atoms with Crippen LogP contribution in [-0.2, 0) is 4.74 Å². The molecule has 0 unspecified atom stereocenters. The Labute approximate surface area is 130 Å². The molecule has 5 nitrogen and oxygen atoms in total. The lowest BCUT2D eigenvalue weighted by Crippen LogP contribution is -2.27. The Kier molecular flexibility index (Phi) is 3.98. The molecule has 0 bridgehead atoms. The van der Waals surface area contributed by atoms with Crippen molar-refractivity contribution < 1.29 is 9.53 Å². The number of hydrogen-bond donors (Lipinski definition) is 1. The molecular weight excluding hydrogens is 278 g/mol. The average Bonchev–Trinajstić information content (AvgIpc) is 2.94. The van der Waals surface area contributed by atoms with Gasteiger partial charge < -0.3 is 15.4 Å². The summed E-state index contributed by atoms with van der Waals surface area (Å²) in [6, 6.07) is 8.66. The SMILES string of the molecule is CCO[C@H]1CCN(c2c(C(N)=O)c(C)nc3c[c]ccc23)C1. The number of fused-ring (bicyclic) bond motifs is 1. The maximum Gasteiger partial charge on any atom is 0.252 e. The van der Waals surface area contributed by atoms with Crippen molar-refractivity contribution in [1.29, 1.82) is 0 Å². The molecule has 1 radical (unpaired) electrons. The summed E-state index contributed by atoms with van der Waals surface area (Å²) < 4.78 is 5.72. The van der Waals surface area contributed by atoms with Crippen molar-refractivity contribution in [3.05, 3.63) is 35.5 Å². The molecule has 2 aromatic rings. The molecule has 22 heavy (non-hydrogen) atoms. The molecule has 1 atom stereocenters. The summed E-state index contributed by atoms with van der Waals surface area (Å²) in [5, 5.41) is 0.940. The fraction of sp³-hybridized carbons (Fsp3) is 0.412. The number of ether oxygens (including phenoxy) is 1. The van der Waals surface area contributed by atoms with E-state index in [0.717, 1.165) is 36.1 Å². The van der Waals surface area contributed by atoms with E-state index in [1.54, 1.807) is 0 Å². The van der Waals surface area contributed by atoms with Crippen LogP contribution in [0.2, 0.25) is 0 Å². The van der Waals surface area contributed by atoms with Gasteiger partial charge in [-0.1, -0.05) is 12.1 Å². The van der Waals surface area contributed by atoms with Crippen LogP contribution >= 0.6 is 0 Å². The fourth-order valence-corrected chi connectivity index (χ4v) is 3.18. The number of primary amides is 1. The molecule has 3 rings (SSSR count). The molecule has 2 N–H and O–H groups in total. The number of amides is 1. The highest BCUT2D eigenvalue weighted by Gasteiger charge is 2.28. The molecule has 5 heteroatoms. The van der Waals surface area contributed by atoms with Gasteiger partial charge in [-0.25, -0.2) is 0 Å². The van der Waals surface area contributed by atoms with Crippen molar-refractivity contribution in [2.75, 3.05) is 24.6 Å². The van der Waals surface area contributed by atoms with Gasteiger partial charge in [-0.05, 0) is 32.4 Å². The molecule has 1 aromatic carbocycles. The Hall–Kier alpha value is -2.14. The minimum absolute atomic E-state index is 0.199. The Morgan fingerprint density at radius 1 is 1.59 bits per heavy atom. The third-order valence-corrected chi connectivity index (χ3v) is 4.09. The van der Waals surface area contributed by atoms with Crippen LogP contribution in [0.1, 0.15) is 29.4 Å². The van der Waals surface area contributed by atoms with Crippen molar-refractivity contribution in [3.8, 4) is 0 Å². The first kappa shape index (κ1) is 14.8. The third kappa shape index (κ3) is 2.52. The van der Waals surface area contributed by atoms with Crippen LogP contribution in [-0.4, -0.2) is 36.7 Å². The fourth-order valence-electron chi connectivity index (χ4n) is 3.18. The van der Waals surface area contributed by atoms with Gasteiger partial charge >= 0.3 is 0 Å². The van der Waals surface area contributed by atoms with E-state index in [4.69, 9.17) is 10.5 Å². The minimum Gasteiger partial charge on any atom is -0.377 e. The van der Waals surface area contributed by atoms with E-state index in [1.807, 2.05) is 32.0 Å². The molecule has 0 aliphatic carbocycles.